The Balaban J connectivity index is 1.53. The predicted molar refractivity (Wildman–Crippen MR) is 81.1 cm³/mol. The van der Waals surface area contributed by atoms with Crippen LogP contribution in [0.4, 0.5) is 0 Å². The van der Waals surface area contributed by atoms with E-state index in [9.17, 15) is 5.11 Å². The minimum Gasteiger partial charge on any atom is -0.388 e. The van der Waals surface area contributed by atoms with E-state index in [-0.39, 0.29) is 0 Å². The van der Waals surface area contributed by atoms with E-state index < -0.39 is 5.60 Å². The van der Waals surface area contributed by atoms with E-state index in [1.54, 1.807) is 0 Å². The van der Waals surface area contributed by atoms with Crippen LogP contribution in [0.3, 0.4) is 0 Å². The van der Waals surface area contributed by atoms with Crippen LogP contribution in [0, 0.1) is 0 Å². The summed E-state index contributed by atoms with van der Waals surface area (Å²) in [6.45, 7) is 2.82. The van der Waals surface area contributed by atoms with Crippen molar-refractivity contribution in [1.82, 2.24) is 14.7 Å². The summed E-state index contributed by atoms with van der Waals surface area (Å²) in [5.74, 6) is 0. The lowest BCUT2D eigenvalue weighted by molar-refractivity contribution is -0.0778. The molecule has 1 aliphatic carbocycles. The van der Waals surface area contributed by atoms with Crippen molar-refractivity contribution in [1.29, 1.82) is 0 Å². The van der Waals surface area contributed by atoms with Gasteiger partial charge in [0, 0.05) is 45.3 Å². The number of nitrogens with zero attached hydrogens (tertiary/aromatic N) is 3. The van der Waals surface area contributed by atoms with Gasteiger partial charge in [-0.15, -0.1) is 0 Å². The van der Waals surface area contributed by atoms with Gasteiger partial charge in [0.05, 0.1) is 17.3 Å². The van der Waals surface area contributed by atoms with Gasteiger partial charge >= 0.3 is 0 Å². The maximum Gasteiger partial charge on any atom is 0.0817 e. The molecule has 21 heavy (non-hydrogen) atoms. The summed E-state index contributed by atoms with van der Waals surface area (Å²) in [5, 5.41) is 15.3. The molecule has 2 heterocycles. The van der Waals surface area contributed by atoms with Crippen LogP contribution < -0.4 is 0 Å². The Kier molecular flexibility index (Phi) is 4.62. The average molecular weight is 293 g/mol. The molecule has 1 N–H and O–H groups in total. The monoisotopic (exact) mass is 293 g/mol. The molecule has 1 aromatic heterocycles. The van der Waals surface area contributed by atoms with Crippen LogP contribution in [0.15, 0.2) is 12.3 Å². The standard InChI is InChI=1S/C16H27N3O2/c1-18(13-16(20)7-10-21-11-8-16)12-14-6-9-19(17-14)15-4-2-3-5-15/h6,9,15,20H,2-5,7-8,10-13H2,1H3. The van der Waals surface area contributed by atoms with Gasteiger partial charge in [-0.05, 0) is 26.0 Å². The van der Waals surface area contributed by atoms with Crippen molar-refractivity contribution in [3.8, 4) is 0 Å². The van der Waals surface area contributed by atoms with Crippen molar-refractivity contribution in [2.24, 2.45) is 0 Å². The minimum absolute atomic E-state index is 0.596. The number of rotatable bonds is 5. The molecule has 0 unspecified atom stereocenters. The molecule has 1 saturated carbocycles. The zero-order chi connectivity index (χ0) is 14.7. The first-order valence-corrected chi connectivity index (χ1v) is 8.17. The van der Waals surface area contributed by atoms with E-state index >= 15 is 0 Å². The molecule has 118 valence electrons. The molecule has 0 bridgehead atoms. The molecular weight excluding hydrogens is 266 g/mol. The van der Waals surface area contributed by atoms with Gasteiger partial charge in [-0.25, -0.2) is 0 Å². The highest BCUT2D eigenvalue weighted by molar-refractivity contribution is 5.00. The highest BCUT2D eigenvalue weighted by Gasteiger charge is 2.31. The van der Waals surface area contributed by atoms with E-state index in [2.05, 4.69) is 28.9 Å². The molecule has 1 aliphatic heterocycles. The number of aromatic nitrogens is 2. The highest BCUT2D eigenvalue weighted by Crippen LogP contribution is 2.29. The maximum absolute atomic E-state index is 10.6. The van der Waals surface area contributed by atoms with Crippen molar-refractivity contribution in [3.05, 3.63) is 18.0 Å². The van der Waals surface area contributed by atoms with Crippen LogP contribution in [0.25, 0.3) is 0 Å². The average Bonchev–Trinajstić information content (AvgIpc) is 3.08. The van der Waals surface area contributed by atoms with E-state index in [4.69, 9.17) is 9.84 Å². The second-order valence-electron chi connectivity index (χ2n) is 6.73. The Labute approximate surface area is 126 Å². The number of hydrogen-bond acceptors (Lipinski definition) is 4. The van der Waals surface area contributed by atoms with Gasteiger partial charge in [0.1, 0.15) is 0 Å². The normalized spacial score (nSPS) is 23.0. The predicted octanol–water partition coefficient (Wildman–Crippen LogP) is 1.97. The molecule has 0 atom stereocenters. The lowest BCUT2D eigenvalue weighted by Crippen LogP contribution is -2.45. The lowest BCUT2D eigenvalue weighted by atomic mass is 9.94. The molecule has 1 saturated heterocycles. The van der Waals surface area contributed by atoms with Gasteiger partial charge in [0.25, 0.3) is 0 Å². The Morgan fingerprint density at radius 3 is 2.81 bits per heavy atom. The van der Waals surface area contributed by atoms with Crippen LogP contribution >= 0.6 is 0 Å². The molecule has 5 heteroatoms. The Bertz CT molecular complexity index is 448. The molecule has 0 radical (unpaired) electrons. The van der Waals surface area contributed by atoms with Gasteiger partial charge in [-0.3, -0.25) is 9.58 Å². The van der Waals surface area contributed by atoms with Gasteiger partial charge in [0.15, 0.2) is 0 Å². The third kappa shape index (κ3) is 3.84. The van der Waals surface area contributed by atoms with Crippen molar-refractivity contribution in [2.75, 3.05) is 26.8 Å². The van der Waals surface area contributed by atoms with E-state index in [1.807, 2.05) is 0 Å². The Morgan fingerprint density at radius 1 is 1.38 bits per heavy atom. The SMILES string of the molecule is CN(Cc1ccn(C2CCCC2)n1)CC1(O)CCOCC1. The molecule has 3 rings (SSSR count). The minimum atomic E-state index is -0.596. The van der Waals surface area contributed by atoms with Crippen LogP contribution in [0.5, 0.6) is 0 Å². The van der Waals surface area contributed by atoms with Crippen molar-refractivity contribution in [3.63, 3.8) is 0 Å². The zero-order valence-electron chi connectivity index (χ0n) is 13.0. The fraction of sp³-hybridized carbons (Fsp3) is 0.812. The lowest BCUT2D eigenvalue weighted by Gasteiger charge is -2.35. The van der Waals surface area contributed by atoms with Crippen LogP contribution in [-0.2, 0) is 11.3 Å². The summed E-state index contributed by atoms with van der Waals surface area (Å²) >= 11 is 0. The summed E-state index contributed by atoms with van der Waals surface area (Å²) in [7, 11) is 2.06. The van der Waals surface area contributed by atoms with E-state index in [1.165, 1.54) is 25.7 Å². The van der Waals surface area contributed by atoms with E-state index in [0.29, 0.717) is 25.8 Å². The van der Waals surface area contributed by atoms with Crippen LogP contribution in [0.2, 0.25) is 0 Å². The summed E-state index contributed by atoms with van der Waals surface area (Å²) in [6, 6.07) is 2.71. The highest BCUT2D eigenvalue weighted by atomic mass is 16.5. The third-order valence-electron chi connectivity index (χ3n) is 4.78. The fourth-order valence-corrected chi connectivity index (χ4v) is 3.58. The van der Waals surface area contributed by atoms with Gasteiger partial charge < -0.3 is 9.84 Å². The number of likely N-dealkylation sites (N-methyl/N-ethyl adjacent to an activating group) is 1. The van der Waals surface area contributed by atoms with Crippen LogP contribution in [-0.4, -0.2) is 52.2 Å². The first-order valence-electron chi connectivity index (χ1n) is 8.17. The second kappa shape index (κ2) is 6.46. The fourth-order valence-electron chi connectivity index (χ4n) is 3.58. The smallest absolute Gasteiger partial charge is 0.0817 e. The molecule has 0 aromatic carbocycles. The van der Waals surface area contributed by atoms with Crippen molar-refractivity contribution >= 4 is 0 Å². The topological polar surface area (TPSA) is 50.5 Å². The van der Waals surface area contributed by atoms with Gasteiger partial charge in [0.2, 0.25) is 0 Å². The zero-order valence-corrected chi connectivity index (χ0v) is 13.0. The molecule has 0 spiro atoms. The summed E-state index contributed by atoms with van der Waals surface area (Å²) in [6.07, 6.45) is 8.75. The number of aliphatic hydroxyl groups is 1. The summed E-state index contributed by atoms with van der Waals surface area (Å²) in [4.78, 5) is 2.17. The quantitative estimate of drug-likeness (QED) is 0.902. The van der Waals surface area contributed by atoms with Crippen molar-refractivity contribution in [2.45, 2.75) is 56.7 Å². The first-order chi connectivity index (χ1) is 10.1. The molecular formula is C16H27N3O2. The number of hydrogen-bond donors (Lipinski definition) is 1. The van der Waals surface area contributed by atoms with Crippen LogP contribution in [0.1, 0.15) is 50.3 Å². The van der Waals surface area contributed by atoms with E-state index in [0.717, 1.165) is 25.1 Å². The summed E-state index contributed by atoms with van der Waals surface area (Å²) < 4.78 is 7.47. The third-order valence-corrected chi connectivity index (χ3v) is 4.78. The van der Waals surface area contributed by atoms with Gasteiger partial charge in [-0.2, -0.15) is 5.10 Å². The number of ether oxygens (including phenoxy) is 1. The first kappa shape index (κ1) is 15.0. The second-order valence-corrected chi connectivity index (χ2v) is 6.73. The van der Waals surface area contributed by atoms with Crippen molar-refractivity contribution < 1.29 is 9.84 Å². The maximum atomic E-state index is 10.6. The Hall–Kier alpha value is -0.910. The van der Waals surface area contributed by atoms with Gasteiger partial charge in [-0.1, -0.05) is 12.8 Å². The molecule has 5 nitrogen and oxygen atoms in total. The molecule has 0 amide bonds. The largest absolute Gasteiger partial charge is 0.388 e. The summed E-state index contributed by atoms with van der Waals surface area (Å²) in [5.41, 5.74) is 0.501. The molecule has 2 fully saturated rings. The molecule has 1 aromatic rings. The molecule has 2 aliphatic rings. The Morgan fingerprint density at radius 2 is 2.10 bits per heavy atom.